The van der Waals surface area contributed by atoms with Crippen LogP contribution in [0.1, 0.15) is 19.8 Å². The van der Waals surface area contributed by atoms with E-state index in [0.29, 0.717) is 6.42 Å². The highest BCUT2D eigenvalue weighted by Crippen LogP contribution is 1.98. The predicted molar refractivity (Wildman–Crippen MR) is 42.5 cm³/mol. The maximum atomic E-state index is 10.4. The van der Waals surface area contributed by atoms with Gasteiger partial charge in [0.15, 0.2) is 6.10 Å². The number of carboxylic acid groups (broad SMARTS) is 1. The largest absolute Gasteiger partial charge is 0.479 e. The summed E-state index contributed by atoms with van der Waals surface area (Å²) in [7, 11) is 1.40. The SMILES string of the molecule is CC/C=C/CC(OC)C(=O)O. The Labute approximate surface area is 66.7 Å². The van der Waals surface area contributed by atoms with Gasteiger partial charge >= 0.3 is 5.97 Å². The minimum atomic E-state index is -0.909. The Balaban J connectivity index is 3.69. The molecule has 3 nitrogen and oxygen atoms in total. The van der Waals surface area contributed by atoms with E-state index in [9.17, 15) is 4.79 Å². The molecular weight excluding hydrogens is 144 g/mol. The fourth-order valence-electron chi connectivity index (χ4n) is 0.684. The second kappa shape index (κ2) is 5.92. The molecule has 0 aromatic carbocycles. The van der Waals surface area contributed by atoms with Crippen LogP contribution in [-0.4, -0.2) is 24.3 Å². The number of methoxy groups -OCH3 is 1. The van der Waals surface area contributed by atoms with E-state index >= 15 is 0 Å². The summed E-state index contributed by atoms with van der Waals surface area (Å²) in [6.07, 6.45) is 4.42. The normalized spacial score (nSPS) is 13.6. The number of hydrogen-bond donors (Lipinski definition) is 1. The molecule has 3 heteroatoms. The highest BCUT2D eigenvalue weighted by molar-refractivity contribution is 5.72. The molecule has 64 valence electrons. The Morgan fingerprint density at radius 2 is 2.27 bits per heavy atom. The van der Waals surface area contributed by atoms with Crippen LogP contribution in [0.2, 0.25) is 0 Å². The fraction of sp³-hybridized carbons (Fsp3) is 0.625. The first-order chi connectivity index (χ1) is 5.22. The number of rotatable bonds is 5. The summed E-state index contributed by atoms with van der Waals surface area (Å²) >= 11 is 0. The van der Waals surface area contributed by atoms with Crippen molar-refractivity contribution in [3.63, 3.8) is 0 Å². The molecule has 1 unspecified atom stereocenters. The predicted octanol–water partition coefficient (Wildman–Crippen LogP) is 1.44. The van der Waals surface area contributed by atoms with Crippen molar-refractivity contribution in [1.82, 2.24) is 0 Å². The summed E-state index contributed by atoms with van der Waals surface area (Å²) in [5, 5.41) is 8.51. The van der Waals surface area contributed by atoms with Crippen LogP contribution in [0, 0.1) is 0 Å². The lowest BCUT2D eigenvalue weighted by molar-refractivity contribution is -0.148. The molecule has 0 aromatic heterocycles. The van der Waals surface area contributed by atoms with E-state index in [4.69, 9.17) is 9.84 Å². The Morgan fingerprint density at radius 1 is 1.64 bits per heavy atom. The smallest absolute Gasteiger partial charge is 0.333 e. The number of hydrogen-bond acceptors (Lipinski definition) is 2. The van der Waals surface area contributed by atoms with Gasteiger partial charge in [0, 0.05) is 13.5 Å². The monoisotopic (exact) mass is 158 g/mol. The zero-order valence-corrected chi connectivity index (χ0v) is 6.91. The Bertz CT molecular complexity index is 140. The number of aliphatic carboxylic acids is 1. The van der Waals surface area contributed by atoms with Gasteiger partial charge in [-0.05, 0) is 6.42 Å². The lowest BCUT2D eigenvalue weighted by atomic mass is 10.2. The third-order valence-electron chi connectivity index (χ3n) is 1.31. The van der Waals surface area contributed by atoms with Gasteiger partial charge in [-0.1, -0.05) is 19.1 Å². The van der Waals surface area contributed by atoms with Crippen molar-refractivity contribution in [3.8, 4) is 0 Å². The van der Waals surface area contributed by atoms with E-state index in [1.807, 2.05) is 19.1 Å². The van der Waals surface area contributed by atoms with Crippen molar-refractivity contribution >= 4 is 5.97 Å². The number of allylic oxidation sites excluding steroid dienone is 1. The second-order valence-electron chi connectivity index (χ2n) is 2.18. The van der Waals surface area contributed by atoms with Gasteiger partial charge in [0.25, 0.3) is 0 Å². The van der Waals surface area contributed by atoms with E-state index in [0.717, 1.165) is 6.42 Å². The molecule has 0 saturated carbocycles. The Hall–Kier alpha value is -0.830. The zero-order valence-electron chi connectivity index (χ0n) is 6.91. The van der Waals surface area contributed by atoms with Crippen molar-refractivity contribution in [1.29, 1.82) is 0 Å². The number of carbonyl (C=O) groups is 1. The van der Waals surface area contributed by atoms with Gasteiger partial charge in [0.1, 0.15) is 0 Å². The molecule has 0 fully saturated rings. The minimum Gasteiger partial charge on any atom is -0.479 e. The highest BCUT2D eigenvalue weighted by atomic mass is 16.5. The summed E-state index contributed by atoms with van der Waals surface area (Å²) < 4.78 is 4.71. The van der Waals surface area contributed by atoms with Gasteiger partial charge in [-0.2, -0.15) is 0 Å². The average molecular weight is 158 g/mol. The molecule has 0 rings (SSSR count). The first-order valence-electron chi connectivity index (χ1n) is 3.63. The molecule has 0 aliphatic heterocycles. The molecule has 0 saturated heterocycles. The van der Waals surface area contributed by atoms with Crippen LogP contribution in [0.5, 0.6) is 0 Å². The van der Waals surface area contributed by atoms with Crippen LogP contribution >= 0.6 is 0 Å². The van der Waals surface area contributed by atoms with Crippen LogP contribution in [0.25, 0.3) is 0 Å². The van der Waals surface area contributed by atoms with E-state index in [1.165, 1.54) is 7.11 Å². The van der Waals surface area contributed by atoms with Crippen LogP contribution in [-0.2, 0) is 9.53 Å². The quantitative estimate of drug-likeness (QED) is 0.616. The van der Waals surface area contributed by atoms with Gasteiger partial charge < -0.3 is 9.84 Å². The Kier molecular flexibility index (Phi) is 5.47. The minimum absolute atomic E-state index is 0.444. The van der Waals surface area contributed by atoms with Crippen molar-refractivity contribution in [2.24, 2.45) is 0 Å². The summed E-state index contributed by atoms with van der Waals surface area (Å²) in [5.41, 5.74) is 0. The van der Waals surface area contributed by atoms with E-state index in [1.54, 1.807) is 0 Å². The first-order valence-corrected chi connectivity index (χ1v) is 3.63. The molecule has 1 atom stereocenters. The molecule has 0 aromatic rings. The summed E-state index contributed by atoms with van der Waals surface area (Å²) in [5.74, 6) is -0.909. The topological polar surface area (TPSA) is 46.5 Å². The van der Waals surface area contributed by atoms with Crippen molar-refractivity contribution in [2.45, 2.75) is 25.9 Å². The van der Waals surface area contributed by atoms with Gasteiger partial charge in [-0.25, -0.2) is 4.79 Å². The van der Waals surface area contributed by atoms with Gasteiger partial charge in [0.05, 0.1) is 0 Å². The lowest BCUT2D eigenvalue weighted by Gasteiger charge is -2.05. The molecular formula is C8H14O3. The molecule has 0 spiro atoms. The summed E-state index contributed by atoms with van der Waals surface area (Å²) in [4.78, 5) is 10.4. The molecule has 0 amide bonds. The summed E-state index contributed by atoms with van der Waals surface area (Å²) in [6, 6.07) is 0. The van der Waals surface area contributed by atoms with Crippen molar-refractivity contribution < 1.29 is 14.6 Å². The molecule has 1 N–H and O–H groups in total. The zero-order chi connectivity index (χ0) is 8.69. The van der Waals surface area contributed by atoms with E-state index in [-0.39, 0.29) is 0 Å². The van der Waals surface area contributed by atoms with Crippen LogP contribution in [0.15, 0.2) is 12.2 Å². The fourth-order valence-corrected chi connectivity index (χ4v) is 0.684. The first kappa shape index (κ1) is 10.2. The molecule has 0 bridgehead atoms. The molecule has 0 heterocycles. The lowest BCUT2D eigenvalue weighted by Crippen LogP contribution is -2.21. The van der Waals surface area contributed by atoms with E-state index in [2.05, 4.69) is 0 Å². The Morgan fingerprint density at radius 3 is 2.64 bits per heavy atom. The average Bonchev–Trinajstić information content (AvgIpc) is 1.97. The van der Waals surface area contributed by atoms with Gasteiger partial charge in [0.2, 0.25) is 0 Å². The van der Waals surface area contributed by atoms with Crippen molar-refractivity contribution in [3.05, 3.63) is 12.2 Å². The van der Waals surface area contributed by atoms with Crippen molar-refractivity contribution in [2.75, 3.05) is 7.11 Å². The molecule has 0 aliphatic carbocycles. The molecule has 0 radical (unpaired) electrons. The van der Waals surface area contributed by atoms with Gasteiger partial charge in [-0.3, -0.25) is 0 Å². The van der Waals surface area contributed by atoms with Gasteiger partial charge in [-0.15, -0.1) is 0 Å². The second-order valence-corrected chi connectivity index (χ2v) is 2.18. The number of ether oxygens (including phenoxy) is 1. The highest BCUT2D eigenvalue weighted by Gasteiger charge is 2.13. The number of carboxylic acids is 1. The third-order valence-corrected chi connectivity index (χ3v) is 1.31. The maximum absolute atomic E-state index is 10.4. The molecule has 11 heavy (non-hydrogen) atoms. The summed E-state index contributed by atoms with van der Waals surface area (Å²) in [6.45, 7) is 2.00. The van der Waals surface area contributed by atoms with Crippen LogP contribution in [0.3, 0.4) is 0 Å². The van der Waals surface area contributed by atoms with Crippen LogP contribution in [0.4, 0.5) is 0 Å². The standard InChI is InChI=1S/C8H14O3/c1-3-4-5-6-7(11-2)8(9)10/h4-5,7H,3,6H2,1-2H3,(H,9,10)/b5-4+. The third kappa shape index (κ3) is 4.56. The van der Waals surface area contributed by atoms with Crippen LogP contribution < -0.4 is 0 Å². The maximum Gasteiger partial charge on any atom is 0.333 e. The van der Waals surface area contributed by atoms with E-state index < -0.39 is 12.1 Å². The molecule has 0 aliphatic rings.